The molecule has 4 aromatic rings. The number of rotatable bonds is 6. The average molecular weight is 432 g/mol. The maximum Gasteiger partial charge on any atom is 0.329 e. The fourth-order valence-electron chi connectivity index (χ4n) is 4.22. The summed E-state index contributed by atoms with van der Waals surface area (Å²) in [5.74, 6) is 0.609. The lowest BCUT2D eigenvalue weighted by atomic mass is 10.1. The average Bonchev–Trinajstić information content (AvgIpc) is 3.57. The molecule has 0 spiro atoms. The highest BCUT2D eigenvalue weighted by atomic mass is 16.2. The Bertz CT molecular complexity index is 1480. The number of amides is 1. The Morgan fingerprint density at radius 3 is 2.59 bits per heavy atom. The Labute approximate surface area is 183 Å². The van der Waals surface area contributed by atoms with Crippen molar-refractivity contribution in [3.05, 3.63) is 68.3 Å². The normalized spacial score (nSPS) is 13.7. The van der Waals surface area contributed by atoms with Gasteiger partial charge in [-0.3, -0.25) is 19.1 Å². The second-order valence-corrected chi connectivity index (χ2v) is 8.01. The lowest BCUT2D eigenvalue weighted by Gasteiger charge is -2.13. The molecule has 1 aromatic carbocycles. The number of hydrogen-bond donors (Lipinski definition) is 2. The van der Waals surface area contributed by atoms with Crippen LogP contribution in [0.4, 0.5) is 0 Å². The quantitative estimate of drug-likeness (QED) is 0.485. The van der Waals surface area contributed by atoms with E-state index in [1.54, 1.807) is 13.0 Å². The highest BCUT2D eigenvalue weighted by Crippen LogP contribution is 2.39. The van der Waals surface area contributed by atoms with Crippen LogP contribution in [-0.2, 0) is 19.6 Å². The zero-order valence-electron chi connectivity index (χ0n) is 18.0. The molecule has 9 nitrogen and oxygen atoms in total. The van der Waals surface area contributed by atoms with Crippen LogP contribution in [0.25, 0.3) is 22.1 Å². The number of nitrogens with zero attached hydrogens (tertiary/aromatic N) is 4. The van der Waals surface area contributed by atoms with Crippen molar-refractivity contribution in [1.29, 1.82) is 0 Å². The van der Waals surface area contributed by atoms with Gasteiger partial charge >= 0.3 is 5.69 Å². The molecule has 0 atom stereocenters. The number of imidazole rings is 1. The van der Waals surface area contributed by atoms with Gasteiger partial charge in [0.1, 0.15) is 5.82 Å². The molecule has 0 aliphatic heterocycles. The summed E-state index contributed by atoms with van der Waals surface area (Å²) in [4.78, 5) is 49.8. The van der Waals surface area contributed by atoms with E-state index in [9.17, 15) is 14.4 Å². The van der Waals surface area contributed by atoms with E-state index in [1.807, 2.05) is 31.2 Å². The second kappa shape index (κ2) is 7.74. The molecule has 0 saturated heterocycles. The Kier molecular flexibility index (Phi) is 4.88. The van der Waals surface area contributed by atoms with Gasteiger partial charge in [0.05, 0.1) is 28.5 Å². The van der Waals surface area contributed by atoms with Gasteiger partial charge in [0.2, 0.25) is 0 Å². The van der Waals surface area contributed by atoms with Gasteiger partial charge in [0.15, 0.2) is 5.65 Å². The highest BCUT2D eigenvalue weighted by Gasteiger charge is 2.28. The van der Waals surface area contributed by atoms with Crippen molar-refractivity contribution in [2.24, 2.45) is 0 Å². The Morgan fingerprint density at radius 2 is 1.88 bits per heavy atom. The lowest BCUT2D eigenvalue weighted by molar-refractivity contribution is 0.0951. The molecule has 2 N–H and O–H groups in total. The molecule has 32 heavy (non-hydrogen) atoms. The van der Waals surface area contributed by atoms with Gasteiger partial charge in [0.25, 0.3) is 11.5 Å². The van der Waals surface area contributed by atoms with Crippen molar-refractivity contribution in [2.75, 3.05) is 0 Å². The molecule has 164 valence electrons. The van der Waals surface area contributed by atoms with E-state index >= 15 is 0 Å². The first-order chi connectivity index (χ1) is 15.5. The van der Waals surface area contributed by atoms with Gasteiger partial charge in [-0.25, -0.2) is 14.8 Å². The van der Waals surface area contributed by atoms with Crippen LogP contribution in [0.5, 0.6) is 0 Å². The van der Waals surface area contributed by atoms with E-state index in [-0.39, 0.29) is 35.0 Å². The monoisotopic (exact) mass is 432 g/mol. The minimum atomic E-state index is -0.601. The molecule has 1 saturated carbocycles. The predicted molar refractivity (Wildman–Crippen MR) is 121 cm³/mol. The maximum absolute atomic E-state index is 13.3. The molecular weight excluding hydrogens is 408 g/mol. The van der Waals surface area contributed by atoms with Crippen LogP contribution < -0.4 is 16.6 Å². The Morgan fingerprint density at radius 1 is 1.12 bits per heavy atom. The number of carbonyl (C=O) groups is 1. The van der Waals surface area contributed by atoms with E-state index in [2.05, 4.69) is 24.8 Å². The molecule has 1 amide bonds. The maximum atomic E-state index is 13.3. The molecule has 1 fully saturated rings. The predicted octanol–water partition coefficient (Wildman–Crippen LogP) is 2.28. The summed E-state index contributed by atoms with van der Waals surface area (Å²) in [7, 11) is 0. The number of nitrogens with one attached hydrogen (secondary N) is 2. The summed E-state index contributed by atoms with van der Waals surface area (Å²) in [6, 6.07) is 9.52. The fraction of sp³-hybridized carbons (Fsp3) is 0.348. The number of fused-ring (bicyclic) bond motifs is 2. The summed E-state index contributed by atoms with van der Waals surface area (Å²) in [5.41, 5.74) is 2.00. The van der Waals surface area contributed by atoms with E-state index in [0.29, 0.717) is 6.54 Å². The van der Waals surface area contributed by atoms with Crippen molar-refractivity contribution < 1.29 is 4.79 Å². The molecule has 0 unspecified atom stereocenters. The number of benzene rings is 1. The van der Waals surface area contributed by atoms with Crippen LogP contribution >= 0.6 is 0 Å². The molecule has 3 heterocycles. The Hall–Kier alpha value is -3.75. The zero-order chi connectivity index (χ0) is 22.4. The van der Waals surface area contributed by atoms with Crippen molar-refractivity contribution in [2.45, 2.75) is 52.2 Å². The van der Waals surface area contributed by atoms with Crippen molar-refractivity contribution >= 4 is 28.0 Å². The topological polar surface area (TPSA) is 115 Å². The van der Waals surface area contributed by atoms with Crippen molar-refractivity contribution in [3.63, 3.8) is 0 Å². The molecule has 5 rings (SSSR count). The summed E-state index contributed by atoms with van der Waals surface area (Å²) in [6.07, 6.45) is 1.97. The number of aromatic nitrogens is 5. The van der Waals surface area contributed by atoms with Gasteiger partial charge in [-0.1, -0.05) is 12.1 Å². The zero-order valence-corrected chi connectivity index (χ0v) is 18.0. The first-order valence-electron chi connectivity index (χ1n) is 10.9. The van der Waals surface area contributed by atoms with E-state index < -0.39 is 11.2 Å². The molecule has 3 aromatic heterocycles. The summed E-state index contributed by atoms with van der Waals surface area (Å²) >= 11 is 0. The Balaban J connectivity index is 1.56. The fourth-order valence-corrected chi connectivity index (χ4v) is 4.22. The second-order valence-electron chi connectivity index (χ2n) is 8.01. The van der Waals surface area contributed by atoms with Gasteiger partial charge in [0, 0.05) is 24.7 Å². The van der Waals surface area contributed by atoms with Gasteiger partial charge < -0.3 is 9.88 Å². The first-order valence-corrected chi connectivity index (χ1v) is 10.9. The third-order valence-electron chi connectivity index (χ3n) is 5.98. The lowest BCUT2D eigenvalue weighted by Crippen LogP contribution is -2.33. The van der Waals surface area contributed by atoms with Crippen LogP contribution in [0.15, 0.2) is 39.9 Å². The van der Waals surface area contributed by atoms with Crippen LogP contribution in [-0.4, -0.2) is 30.0 Å². The number of para-hydroxylation sites is 2. The molecule has 0 radical (unpaired) electrons. The standard InChI is InChI=1S/C23H24N6O3/c1-3-28-17-8-6-5-7-15(17)25-18(28)12-24-21(30)14-11-16(13-9-10-13)26-20-19(14)22(31)27-23(32)29(20)4-2/h5-8,11,13H,3-4,9-10,12H2,1-2H3,(H,24,30)(H,27,31,32). The molecule has 9 heteroatoms. The molecular formula is C23H24N6O3. The largest absolute Gasteiger partial charge is 0.345 e. The van der Waals surface area contributed by atoms with E-state index in [1.165, 1.54) is 4.57 Å². The molecule has 0 bridgehead atoms. The number of H-pyrrole nitrogens is 1. The number of carbonyl (C=O) groups excluding carboxylic acids is 1. The SMILES string of the molecule is CCn1c(CNC(=O)c2cc(C3CC3)nc3c2c(=O)[nH]c(=O)n3CC)nc2ccccc21. The van der Waals surface area contributed by atoms with Crippen molar-refractivity contribution in [3.8, 4) is 0 Å². The van der Waals surface area contributed by atoms with Crippen LogP contribution in [0, 0.1) is 0 Å². The van der Waals surface area contributed by atoms with Gasteiger partial charge in [-0.05, 0) is 44.9 Å². The smallest absolute Gasteiger partial charge is 0.329 e. The first kappa shape index (κ1) is 20.2. The molecule has 1 aliphatic rings. The van der Waals surface area contributed by atoms with E-state index in [4.69, 9.17) is 0 Å². The summed E-state index contributed by atoms with van der Waals surface area (Å²) in [5, 5.41) is 3.06. The van der Waals surface area contributed by atoms with Crippen molar-refractivity contribution in [1.82, 2.24) is 29.4 Å². The number of pyridine rings is 1. The number of aryl methyl sites for hydroxylation is 2. The van der Waals surface area contributed by atoms with Gasteiger partial charge in [-0.2, -0.15) is 0 Å². The minimum Gasteiger partial charge on any atom is -0.345 e. The number of aromatic amines is 1. The summed E-state index contributed by atoms with van der Waals surface area (Å²) in [6.45, 7) is 5.11. The molecule has 1 aliphatic carbocycles. The third kappa shape index (κ3) is 3.30. The highest BCUT2D eigenvalue weighted by molar-refractivity contribution is 6.05. The minimum absolute atomic E-state index is 0.136. The van der Waals surface area contributed by atoms with Crippen LogP contribution in [0.2, 0.25) is 0 Å². The van der Waals surface area contributed by atoms with Gasteiger partial charge in [-0.15, -0.1) is 0 Å². The summed E-state index contributed by atoms with van der Waals surface area (Å²) < 4.78 is 3.45. The van der Waals surface area contributed by atoms with Crippen LogP contribution in [0.1, 0.15) is 54.5 Å². The third-order valence-corrected chi connectivity index (χ3v) is 5.98. The van der Waals surface area contributed by atoms with E-state index in [0.717, 1.165) is 41.9 Å². The number of hydrogen-bond acceptors (Lipinski definition) is 5. The van der Waals surface area contributed by atoms with Crippen LogP contribution in [0.3, 0.4) is 0 Å².